The van der Waals surface area contributed by atoms with Crippen LogP contribution < -0.4 is 5.32 Å². The fraction of sp³-hybridized carbons (Fsp3) is 0.643. The maximum atomic E-state index is 4.45. The summed E-state index contributed by atoms with van der Waals surface area (Å²) < 4.78 is 1.89. The Morgan fingerprint density at radius 3 is 2.82 bits per heavy atom. The number of hydrogen-bond donors (Lipinski definition) is 1. The van der Waals surface area contributed by atoms with Crippen molar-refractivity contribution in [2.75, 3.05) is 6.54 Å². The average Bonchev–Trinajstić information content (AvgIpc) is 2.64. The molecule has 0 saturated heterocycles. The molecule has 0 aliphatic carbocycles. The lowest BCUT2D eigenvalue weighted by molar-refractivity contribution is 0.568. The normalized spacial score (nSPS) is 11.1. The second kappa shape index (κ2) is 6.46. The topological polar surface area (TPSA) is 29.9 Å². The summed E-state index contributed by atoms with van der Waals surface area (Å²) in [4.78, 5) is 0. The summed E-state index contributed by atoms with van der Waals surface area (Å²) >= 11 is 0. The highest BCUT2D eigenvalue weighted by Crippen LogP contribution is 2.09. The quantitative estimate of drug-likeness (QED) is 0.625. The summed E-state index contributed by atoms with van der Waals surface area (Å²) in [5, 5.41) is 7.79. The van der Waals surface area contributed by atoms with Crippen molar-refractivity contribution in [2.45, 2.75) is 47.2 Å². The van der Waals surface area contributed by atoms with Crippen LogP contribution in [0.25, 0.3) is 0 Å². The highest BCUT2D eigenvalue weighted by molar-refractivity contribution is 5.08. The molecule has 0 aromatic carbocycles. The molecule has 0 aliphatic rings. The monoisotopic (exact) mass is 233 g/mol. The van der Waals surface area contributed by atoms with E-state index in [1.54, 1.807) is 0 Å². The third kappa shape index (κ3) is 6.13. The van der Waals surface area contributed by atoms with Crippen molar-refractivity contribution in [3.63, 3.8) is 0 Å². The lowest BCUT2D eigenvalue weighted by Gasteiger charge is -2.06. The van der Waals surface area contributed by atoms with Crippen LogP contribution in [0, 0.1) is 17.3 Å². The molecule has 0 amide bonds. The molecule has 3 nitrogen and oxygen atoms in total. The first-order chi connectivity index (χ1) is 8.01. The smallest absolute Gasteiger partial charge is 0.102 e. The van der Waals surface area contributed by atoms with Gasteiger partial charge in [0.15, 0.2) is 0 Å². The van der Waals surface area contributed by atoms with Crippen LogP contribution in [0.4, 0.5) is 0 Å². The van der Waals surface area contributed by atoms with Gasteiger partial charge in [0, 0.05) is 18.2 Å². The number of rotatable bonds is 5. The molecule has 0 spiro atoms. The van der Waals surface area contributed by atoms with Crippen molar-refractivity contribution in [2.24, 2.45) is 5.41 Å². The zero-order valence-electron chi connectivity index (χ0n) is 11.4. The summed E-state index contributed by atoms with van der Waals surface area (Å²) in [7, 11) is 0. The summed E-state index contributed by atoms with van der Waals surface area (Å²) in [6, 6.07) is 2.04. The minimum atomic E-state index is 0.0681. The summed E-state index contributed by atoms with van der Waals surface area (Å²) in [6.07, 6.45) is 3.14. The molecule has 1 aromatic rings. The maximum Gasteiger partial charge on any atom is 0.102 e. The molecular formula is C14H23N3. The number of nitrogens with zero attached hydrogens (tertiary/aromatic N) is 2. The molecule has 3 heteroatoms. The van der Waals surface area contributed by atoms with Crippen molar-refractivity contribution in [1.29, 1.82) is 0 Å². The molecule has 0 radical (unpaired) electrons. The van der Waals surface area contributed by atoms with Gasteiger partial charge in [-0.15, -0.1) is 0 Å². The molecule has 0 saturated carbocycles. The van der Waals surface area contributed by atoms with Crippen LogP contribution >= 0.6 is 0 Å². The highest BCUT2D eigenvalue weighted by atomic mass is 15.3. The van der Waals surface area contributed by atoms with E-state index in [0.29, 0.717) is 6.54 Å². The first-order valence-electron chi connectivity index (χ1n) is 6.24. The van der Waals surface area contributed by atoms with Gasteiger partial charge in [-0.25, -0.2) is 0 Å². The number of nitrogens with one attached hydrogen (secondary N) is 1. The van der Waals surface area contributed by atoms with Gasteiger partial charge in [-0.2, -0.15) is 5.10 Å². The second-order valence-electron chi connectivity index (χ2n) is 5.23. The van der Waals surface area contributed by atoms with Crippen LogP contribution in [0.3, 0.4) is 0 Å². The van der Waals surface area contributed by atoms with E-state index in [0.717, 1.165) is 25.2 Å². The predicted molar refractivity (Wildman–Crippen MR) is 71.5 cm³/mol. The van der Waals surface area contributed by atoms with Crippen LogP contribution in [0.15, 0.2) is 12.3 Å². The van der Waals surface area contributed by atoms with E-state index in [2.05, 4.69) is 50.0 Å². The van der Waals surface area contributed by atoms with Gasteiger partial charge in [0.2, 0.25) is 0 Å². The first kappa shape index (κ1) is 13.8. The molecular weight excluding hydrogens is 210 g/mol. The maximum absolute atomic E-state index is 4.45. The van der Waals surface area contributed by atoms with Crippen LogP contribution in [0.2, 0.25) is 0 Å². The summed E-state index contributed by atoms with van der Waals surface area (Å²) in [6.45, 7) is 11.1. The van der Waals surface area contributed by atoms with Crippen molar-refractivity contribution in [1.82, 2.24) is 15.1 Å². The third-order valence-corrected chi connectivity index (χ3v) is 2.13. The fourth-order valence-corrected chi connectivity index (χ4v) is 1.36. The van der Waals surface area contributed by atoms with Gasteiger partial charge in [-0.3, -0.25) is 4.68 Å². The molecule has 1 heterocycles. The van der Waals surface area contributed by atoms with Gasteiger partial charge in [-0.05, 0) is 39.8 Å². The molecule has 0 bridgehead atoms. The van der Waals surface area contributed by atoms with E-state index in [-0.39, 0.29) is 5.41 Å². The zero-order valence-corrected chi connectivity index (χ0v) is 11.4. The molecule has 0 aliphatic heterocycles. The van der Waals surface area contributed by atoms with Crippen LogP contribution in [-0.4, -0.2) is 16.3 Å². The molecule has 94 valence electrons. The standard InChI is InChI=1S/C14H23N3/c1-5-9-15-12-13-7-11-17(16-13)10-6-8-14(2,3)4/h7,11,15H,5,9-10,12H2,1-4H3. The van der Waals surface area contributed by atoms with E-state index in [1.165, 1.54) is 0 Å². The molecule has 0 fully saturated rings. The van der Waals surface area contributed by atoms with Gasteiger partial charge < -0.3 is 5.32 Å². The molecule has 0 unspecified atom stereocenters. The van der Waals surface area contributed by atoms with E-state index < -0.39 is 0 Å². The van der Waals surface area contributed by atoms with Gasteiger partial charge in [0.1, 0.15) is 6.54 Å². The van der Waals surface area contributed by atoms with Crippen LogP contribution in [-0.2, 0) is 13.1 Å². The van der Waals surface area contributed by atoms with Crippen molar-refractivity contribution >= 4 is 0 Å². The van der Waals surface area contributed by atoms with E-state index in [4.69, 9.17) is 0 Å². The molecule has 1 aromatic heterocycles. The number of aromatic nitrogens is 2. The third-order valence-electron chi connectivity index (χ3n) is 2.13. The molecule has 1 rings (SSSR count). The van der Waals surface area contributed by atoms with E-state index >= 15 is 0 Å². The number of hydrogen-bond acceptors (Lipinski definition) is 2. The van der Waals surface area contributed by atoms with Gasteiger partial charge in [0.05, 0.1) is 5.69 Å². The first-order valence-corrected chi connectivity index (χ1v) is 6.24. The Bertz CT molecular complexity index is 388. The van der Waals surface area contributed by atoms with Gasteiger partial charge in [0.25, 0.3) is 0 Å². The Balaban J connectivity index is 2.42. The lowest BCUT2D eigenvalue weighted by atomic mass is 9.98. The second-order valence-corrected chi connectivity index (χ2v) is 5.23. The largest absolute Gasteiger partial charge is 0.311 e. The minimum absolute atomic E-state index is 0.0681. The van der Waals surface area contributed by atoms with Crippen molar-refractivity contribution in [3.05, 3.63) is 18.0 Å². The summed E-state index contributed by atoms with van der Waals surface area (Å²) in [5.74, 6) is 6.36. The van der Waals surface area contributed by atoms with Crippen LogP contribution in [0.5, 0.6) is 0 Å². The SMILES string of the molecule is CCCNCc1ccn(CC#CC(C)(C)C)n1. The molecule has 17 heavy (non-hydrogen) atoms. The Hall–Kier alpha value is -1.27. The van der Waals surface area contributed by atoms with Crippen molar-refractivity contribution < 1.29 is 0 Å². The highest BCUT2D eigenvalue weighted by Gasteiger charge is 2.03. The van der Waals surface area contributed by atoms with Crippen molar-refractivity contribution in [3.8, 4) is 11.8 Å². The van der Waals surface area contributed by atoms with E-state index in [9.17, 15) is 0 Å². The summed E-state index contributed by atoms with van der Waals surface area (Å²) in [5.41, 5.74) is 1.15. The average molecular weight is 233 g/mol. The Kier molecular flexibility index (Phi) is 5.24. The van der Waals surface area contributed by atoms with Crippen LogP contribution in [0.1, 0.15) is 39.8 Å². The minimum Gasteiger partial charge on any atom is -0.311 e. The zero-order chi connectivity index (χ0) is 12.7. The molecule has 1 N–H and O–H groups in total. The predicted octanol–water partition coefficient (Wildman–Crippen LogP) is 2.43. The molecule has 0 atom stereocenters. The Labute approximate surface area is 105 Å². The van der Waals surface area contributed by atoms with Gasteiger partial charge in [-0.1, -0.05) is 18.8 Å². The fourth-order valence-electron chi connectivity index (χ4n) is 1.36. The Morgan fingerprint density at radius 1 is 1.41 bits per heavy atom. The Morgan fingerprint density at radius 2 is 2.18 bits per heavy atom. The van der Waals surface area contributed by atoms with E-state index in [1.807, 2.05) is 16.9 Å². The lowest BCUT2D eigenvalue weighted by Crippen LogP contribution is -2.14. The van der Waals surface area contributed by atoms with Gasteiger partial charge >= 0.3 is 0 Å².